The lowest BCUT2D eigenvalue weighted by molar-refractivity contribution is -0.111. The number of hydrogen-bond donors (Lipinski definition) is 1. The molecule has 3 nitrogen and oxygen atoms in total. The van der Waals surface area contributed by atoms with Crippen molar-refractivity contribution in [1.82, 2.24) is 4.98 Å². The molecule has 0 radical (unpaired) electrons. The molecule has 27 heavy (non-hydrogen) atoms. The third-order valence-corrected chi connectivity index (χ3v) is 5.47. The van der Waals surface area contributed by atoms with Gasteiger partial charge in [0.2, 0.25) is 5.91 Å². The highest BCUT2D eigenvalue weighted by atomic mass is 35.5. The standard InChI is InChI=1S/C21H18Cl2N2OS/c1-13(2)15-5-7-16(8-6-15)19-12-27-21(24-19)25-20(26)10-4-14-3-9-17(22)18(23)11-14/h3-13H,1-2H3,(H,24,25,26). The number of thiazole rings is 1. The summed E-state index contributed by atoms with van der Waals surface area (Å²) in [5, 5.41) is 6.20. The van der Waals surface area contributed by atoms with Crippen LogP contribution >= 0.6 is 34.5 Å². The van der Waals surface area contributed by atoms with Crippen molar-refractivity contribution in [3.05, 3.63) is 75.1 Å². The summed E-state index contributed by atoms with van der Waals surface area (Å²) in [5.74, 6) is 0.240. The second-order valence-electron chi connectivity index (χ2n) is 6.31. The van der Waals surface area contributed by atoms with Gasteiger partial charge in [0.25, 0.3) is 0 Å². The number of halogens is 2. The fraction of sp³-hybridized carbons (Fsp3) is 0.143. The molecule has 0 saturated heterocycles. The molecule has 1 aromatic heterocycles. The maximum absolute atomic E-state index is 12.1. The van der Waals surface area contributed by atoms with Crippen LogP contribution in [-0.4, -0.2) is 10.9 Å². The van der Waals surface area contributed by atoms with Gasteiger partial charge in [0.1, 0.15) is 0 Å². The van der Waals surface area contributed by atoms with Crippen molar-refractivity contribution in [3.8, 4) is 11.3 Å². The third-order valence-electron chi connectivity index (χ3n) is 3.98. The van der Waals surface area contributed by atoms with Gasteiger partial charge in [-0.1, -0.05) is 67.4 Å². The van der Waals surface area contributed by atoms with Crippen molar-refractivity contribution in [2.75, 3.05) is 5.32 Å². The molecule has 0 spiro atoms. The SMILES string of the molecule is CC(C)c1ccc(-c2csc(NC(=O)C=Cc3ccc(Cl)c(Cl)c3)n2)cc1. The molecule has 2 aromatic carbocycles. The van der Waals surface area contributed by atoms with Gasteiger partial charge in [0, 0.05) is 17.0 Å². The van der Waals surface area contributed by atoms with Crippen LogP contribution < -0.4 is 5.32 Å². The molecule has 0 aliphatic rings. The van der Waals surface area contributed by atoms with E-state index in [2.05, 4.69) is 48.4 Å². The fourth-order valence-electron chi connectivity index (χ4n) is 2.44. The number of amides is 1. The highest BCUT2D eigenvalue weighted by Gasteiger charge is 2.07. The zero-order valence-corrected chi connectivity index (χ0v) is 17.2. The minimum absolute atomic E-state index is 0.253. The van der Waals surface area contributed by atoms with Gasteiger partial charge in [-0.3, -0.25) is 10.1 Å². The van der Waals surface area contributed by atoms with Crippen molar-refractivity contribution in [2.45, 2.75) is 19.8 Å². The Hall–Kier alpha value is -2.14. The van der Waals surface area contributed by atoms with Crippen molar-refractivity contribution in [3.63, 3.8) is 0 Å². The molecular weight excluding hydrogens is 399 g/mol. The van der Waals surface area contributed by atoms with E-state index < -0.39 is 0 Å². The summed E-state index contributed by atoms with van der Waals surface area (Å²) in [5.41, 5.74) is 3.96. The molecule has 1 heterocycles. The second-order valence-corrected chi connectivity index (χ2v) is 7.98. The molecule has 0 atom stereocenters. The van der Waals surface area contributed by atoms with Crippen LogP contribution in [0.2, 0.25) is 10.0 Å². The van der Waals surface area contributed by atoms with E-state index in [0.717, 1.165) is 16.8 Å². The minimum Gasteiger partial charge on any atom is -0.298 e. The number of anilines is 1. The number of rotatable bonds is 5. The first-order valence-corrected chi connectivity index (χ1v) is 10.1. The Morgan fingerprint density at radius 2 is 1.85 bits per heavy atom. The molecule has 0 bridgehead atoms. The van der Waals surface area contributed by atoms with Gasteiger partial charge in [-0.05, 0) is 35.3 Å². The van der Waals surface area contributed by atoms with Crippen LogP contribution in [0, 0.1) is 0 Å². The minimum atomic E-state index is -0.253. The number of nitrogens with one attached hydrogen (secondary N) is 1. The van der Waals surface area contributed by atoms with E-state index in [-0.39, 0.29) is 5.91 Å². The largest absolute Gasteiger partial charge is 0.298 e. The molecule has 138 valence electrons. The summed E-state index contributed by atoms with van der Waals surface area (Å²) in [6, 6.07) is 13.5. The van der Waals surface area contributed by atoms with Gasteiger partial charge in [0.05, 0.1) is 15.7 Å². The number of carbonyl (C=O) groups excluding carboxylic acids is 1. The van der Waals surface area contributed by atoms with Crippen molar-refractivity contribution >= 4 is 51.7 Å². The van der Waals surface area contributed by atoms with Gasteiger partial charge in [-0.2, -0.15) is 0 Å². The molecule has 0 aliphatic carbocycles. The van der Waals surface area contributed by atoms with Crippen LogP contribution in [0.1, 0.15) is 30.9 Å². The lowest BCUT2D eigenvalue weighted by atomic mass is 10.0. The molecule has 3 aromatic rings. The highest BCUT2D eigenvalue weighted by Crippen LogP contribution is 2.27. The van der Waals surface area contributed by atoms with E-state index in [1.807, 2.05) is 5.38 Å². The maximum atomic E-state index is 12.1. The maximum Gasteiger partial charge on any atom is 0.250 e. The molecule has 1 N–H and O–H groups in total. The second kappa shape index (κ2) is 8.70. The summed E-state index contributed by atoms with van der Waals surface area (Å²) in [6.45, 7) is 4.33. The van der Waals surface area contributed by atoms with Crippen LogP contribution in [0.4, 0.5) is 5.13 Å². The summed E-state index contributed by atoms with van der Waals surface area (Å²) >= 11 is 13.3. The predicted octanol–water partition coefficient (Wildman–Crippen LogP) is 6.89. The Labute approximate surface area is 172 Å². The number of benzene rings is 2. The lowest BCUT2D eigenvalue weighted by Gasteiger charge is -2.05. The Morgan fingerprint density at radius 3 is 2.52 bits per heavy atom. The molecule has 3 rings (SSSR count). The fourth-order valence-corrected chi connectivity index (χ4v) is 3.47. The van der Waals surface area contributed by atoms with Crippen molar-refractivity contribution in [2.24, 2.45) is 0 Å². The molecular formula is C21H18Cl2N2OS. The molecule has 0 fully saturated rings. The monoisotopic (exact) mass is 416 g/mol. The zero-order valence-electron chi connectivity index (χ0n) is 14.9. The van der Waals surface area contributed by atoms with Crippen LogP contribution in [0.5, 0.6) is 0 Å². The van der Waals surface area contributed by atoms with E-state index in [0.29, 0.717) is 21.1 Å². The number of aromatic nitrogens is 1. The Morgan fingerprint density at radius 1 is 1.11 bits per heavy atom. The average molecular weight is 417 g/mol. The highest BCUT2D eigenvalue weighted by molar-refractivity contribution is 7.14. The van der Waals surface area contributed by atoms with Crippen molar-refractivity contribution in [1.29, 1.82) is 0 Å². The Kier molecular flexibility index (Phi) is 6.32. The van der Waals surface area contributed by atoms with Crippen molar-refractivity contribution < 1.29 is 4.79 Å². The van der Waals surface area contributed by atoms with E-state index in [1.54, 1.807) is 24.3 Å². The van der Waals surface area contributed by atoms with E-state index >= 15 is 0 Å². The van der Waals surface area contributed by atoms with E-state index in [4.69, 9.17) is 23.2 Å². The third kappa shape index (κ3) is 5.19. The summed E-state index contributed by atoms with van der Waals surface area (Å²) in [6.07, 6.45) is 3.12. The Balaban J connectivity index is 1.65. The molecule has 0 saturated carbocycles. The smallest absolute Gasteiger partial charge is 0.250 e. The summed E-state index contributed by atoms with van der Waals surface area (Å²) < 4.78 is 0. The first-order chi connectivity index (χ1) is 12.9. The van der Waals surface area contributed by atoms with E-state index in [1.165, 1.54) is 23.0 Å². The van der Waals surface area contributed by atoms with Gasteiger partial charge in [0.15, 0.2) is 5.13 Å². The number of nitrogens with zero attached hydrogens (tertiary/aromatic N) is 1. The van der Waals surface area contributed by atoms with Crippen LogP contribution in [0.3, 0.4) is 0 Å². The first-order valence-electron chi connectivity index (χ1n) is 8.42. The molecule has 1 amide bonds. The first kappa shape index (κ1) is 19.6. The number of hydrogen-bond acceptors (Lipinski definition) is 3. The Bertz CT molecular complexity index is 978. The lowest BCUT2D eigenvalue weighted by Crippen LogP contribution is -2.07. The zero-order chi connectivity index (χ0) is 19.4. The van der Waals surface area contributed by atoms with Gasteiger partial charge in [-0.25, -0.2) is 4.98 Å². The molecule has 6 heteroatoms. The average Bonchev–Trinajstić information content (AvgIpc) is 3.11. The quantitative estimate of drug-likeness (QED) is 0.459. The summed E-state index contributed by atoms with van der Waals surface area (Å²) in [4.78, 5) is 16.6. The van der Waals surface area contributed by atoms with Gasteiger partial charge < -0.3 is 0 Å². The van der Waals surface area contributed by atoms with E-state index in [9.17, 15) is 4.79 Å². The topological polar surface area (TPSA) is 42.0 Å². The van der Waals surface area contributed by atoms with Gasteiger partial charge in [-0.15, -0.1) is 11.3 Å². The summed E-state index contributed by atoms with van der Waals surface area (Å²) in [7, 11) is 0. The normalized spacial score (nSPS) is 11.3. The molecule has 0 unspecified atom stereocenters. The predicted molar refractivity (Wildman–Crippen MR) is 116 cm³/mol. The van der Waals surface area contributed by atoms with Crippen LogP contribution in [0.15, 0.2) is 53.9 Å². The van der Waals surface area contributed by atoms with Crippen LogP contribution in [0.25, 0.3) is 17.3 Å². The molecule has 0 aliphatic heterocycles. The number of carbonyl (C=O) groups is 1. The van der Waals surface area contributed by atoms with Gasteiger partial charge >= 0.3 is 0 Å². The van der Waals surface area contributed by atoms with Crippen LogP contribution in [-0.2, 0) is 4.79 Å².